The Hall–Kier alpha value is -1.09. The monoisotopic (exact) mass is 320 g/mol. The predicted octanol–water partition coefficient (Wildman–Crippen LogP) is 5.17. The SMILES string of the molecule is CCNc1c(C(C)C)c(C)nc2c(Br)ccc(C)c12. The maximum absolute atomic E-state index is 4.81. The lowest BCUT2D eigenvalue weighted by atomic mass is 9.95. The molecule has 0 fully saturated rings. The first-order valence-corrected chi connectivity index (χ1v) is 7.59. The molecule has 0 atom stereocenters. The van der Waals surface area contributed by atoms with Crippen LogP contribution in [0.4, 0.5) is 5.69 Å². The van der Waals surface area contributed by atoms with E-state index in [1.165, 1.54) is 22.2 Å². The van der Waals surface area contributed by atoms with E-state index in [2.05, 4.69) is 68.0 Å². The van der Waals surface area contributed by atoms with Crippen molar-refractivity contribution < 1.29 is 0 Å². The largest absolute Gasteiger partial charge is 0.384 e. The first-order chi connectivity index (χ1) is 8.97. The van der Waals surface area contributed by atoms with Gasteiger partial charge in [-0.25, -0.2) is 0 Å². The molecule has 2 nitrogen and oxygen atoms in total. The lowest BCUT2D eigenvalue weighted by molar-refractivity contribution is 0.847. The third-order valence-electron chi connectivity index (χ3n) is 3.46. The summed E-state index contributed by atoms with van der Waals surface area (Å²) in [5.41, 5.74) is 6.01. The Balaban J connectivity index is 2.94. The Morgan fingerprint density at radius 2 is 1.95 bits per heavy atom. The van der Waals surface area contributed by atoms with Crippen molar-refractivity contribution in [3.05, 3.63) is 33.4 Å². The Kier molecular flexibility index (Phi) is 4.14. The van der Waals surface area contributed by atoms with Crippen molar-refractivity contribution in [2.45, 2.75) is 40.5 Å². The van der Waals surface area contributed by atoms with E-state index in [1.54, 1.807) is 0 Å². The van der Waals surface area contributed by atoms with Gasteiger partial charge in [0.1, 0.15) is 0 Å². The molecule has 0 saturated heterocycles. The van der Waals surface area contributed by atoms with Gasteiger partial charge in [-0.15, -0.1) is 0 Å². The Morgan fingerprint density at radius 1 is 1.26 bits per heavy atom. The maximum Gasteiger partial charge on any atom is 0.0870 e. The minimum atomic E-state index is 0.462. The molecule has 0 aliphatic heterocycles. The highest BCUT2D eigenvalue weighted by Crippen LogP contribution is 2.37. The Bertz CT molecular complexity index is 618. The van der Waals surface area contributed by atoms with Gasteiger partial charge in [-0.2, -0.15) is 0 Å². The highest BCUT2D eigenvalue weighted by Gasteiger charge is 2.17. The molecular weight excluding hydrogens is 300 g/mol. The van der Waals surface area contributed by atoms with Gasteiger partial charge in [0.15, 0.2) is 0 Å². The summed E-state index contributed by atoms with van der Waals surface area (Å²) in [4.78, 5) is 4.81. The molecule has 3 heteroatoms. The summed E-state index contributed by atoms with van der Waals surface area (Å²) < 4.78 is 1.06. The fourth-order valence-electron chi connectivity index (χ4n) is 2.70. The van der Waals surface area contributed by atoms with Crippen LogP contribution in [0.2, 0.25) is 0 Å². The van der Waals surface area contributed by atoms with Gasteiger partial charge in [-0.3, -0.25) is 4.98 Å². The fraction of sp³-hybridized carbons (Fsp3) is 0.438. The molecule has 1 aromatic carbocycles. The van der Waals surface area contributed by atoms with Gasteiger partial charge in [0.05, 0.1) is 5.52 Å². The lowest BCUT2D eigenvalue weighted by Crippen LogP contribution is -2.07. The van der Waals surface area contributed by atoms with Crippen LogP contribution in [0.15, 0.2) is 16.6 Å². The van der Waals surface area contributed by atoms with Gasteiger partial charge in [0.2, 0.25) is 0 Å². The smallest absolute Gasteiger partial charge is 0.0870 e. The molecule has 0 unspecified atom stereocenters. The average molecular weight is 321 g/mol. The number of nitrogens with zero attached hydrogens (tertiary/aromatic N) is 1. The number of rotatable bonds is 3. The van der Waals surface area contributed by atoms with Crippen LogP contribution in [0.1, 0.15) is 43.5 Å². The molecule has 0 saturated carbocycles. The van der Waals surface area contributed by atoms with Crippen molar-refractivity contribution in [1.82, 2.24) is 4.98 Å². The standard InChI is InChI=1S/C16H21BrN2/c1-6-18-16-13(9(2)3)11(5)19-15-12(17)8-7-10(4)14(15)16/h7-9H,6H2,1-5H3,(H,18,19). The number of anilines is 1. The molecule has 0 amide bonds. The average Bonchev–Trinajstić information content (AvgIpc) is 2.33. The number of aromatic nitrogens is 1. The summed E-state index contributed by atoms with van der Waals surface area (Å²) in [6.45, 7) is 11.8. The van der Waals surface area contributed by atoms with E-state index in [0.717, 1.165) is 22.2 Å². The Morgan fingerprint density at radius 3 is 2.53 bits per heavy atom. The third-order valence-corrected chi connectivity index (χ3v) is 4.10. The third kappa shape index (κ3) is 2.48. The first-order valence-electron chi connectivity index (χ1n) is 6.80. The van der Waals surface area contributed by atoms with Gasteiger partial charge in [-0.1, -0.05) is 19.9 Å². The molecule has 0 aliphatic rings. The van der Waals surface area contributed by atoms with E-state index in [-0.39, 0.29) is 0 Å². The van der Waals surface area contributed by atoms with Crippen LogP contribution in [-0.2, 0) is 0 Å². The van der Waals surface area contributed by atoms with E-state index >= 15 is 0 Å². The molecule has 2 rings (SSSR count). The van der Waals surface area contributed by atoms with Gasteiger partial charge < -0.3 is 5.32 Å². The van der Waals surface area contributed by atoms with Crippen LogP contribution in [0.5, 0.6) is 0 Å². The second-order valence-corrected chi connectivity index (χ2v) is 6.11. The fourth-order valence-corrected chi connectivity index (χ4v) is 3.12. The van der Waals surface area contributed by atoms with Gasteiger partial charge in [0, 0.05) is 27.8 Å². The zero-order valence-electron chi connectivity index (χ0n) is 12.3. The highest BCUT2D eigenvalue weighted by molar-refractivity contribution is 9.10. The summed E-state index contributed by atoms with van der Waals surface area (Å²) in [6, 6.07) is 4.23. The van der Waals surface area contributed by atoms with Crippen LogP contribution < -0.4 is 5.32 Å². The van der Waals surface area contributed by atoms with E-state index in [4.69, 9.17) is 4.98 Å². The van der Waals surface area contributed by atoms with Crippen molar-refractivity contribution in [3.63, 3.8) is 0 Å². The quantitative estimate of drug-likeness (QED) is 0.843. The molecule has 0 spiro atoms. The summed E-state index contributed by atoms with van der Waals surface area (Å²) in [5, 5.41) is 4.79. The van der Waals surface area contributed by atoms with Gasteiger partial charge in [-0.05, 0) is 59.8 Å². The number of aryl methyl sites for hydroxylation is 2. The highest BCUT2D eigenvalue weighted by atomic mass is 79.9. The lowest BCUT2D eigenvalue weighted by Gasteiger charge is -2.20. The van der Waals surface area contributed by atoms with E-state index < -0.39 is 0 Å². The number of fused-ring (bicyclic) bond motifs is 1. The van der Waals surface area contributed by atoms with Crippen LogP contribution in [0.25, 0.3) is 10.9 Å². The predicted molar refractivity (Wildman–Crippen MR) is 87.2 cm³/mol. The minimum absolute atomic E-state index is 0.462. The van der Waals surface area contributed by atoms with E-state index in [0.29, 0.717) is 5.92 Å². The van der Waals surface area contributed by atoms with Crippen molar-refractivity contribution in [2.75, 3.05) is 11.9 Å². The number of hydrogen-bond donors (Lipinski definition) is 1. The van der Waals surface area contributed by atoms with Crippen molar-refractivity contribution in [2.24, 2.45) is 0 Å². The molecule has 2 aromatic rings. The van der Waals surface area contributed by atoms with Crippen LogP contribution in [0, 0.1) is 13.8 Å². The molecular formula is C16H21BrN2. The van der Waals surface area contributed by atoms with Gasteiger partial charge >= 0.3 is 0 Å². The second-order valence-electron chi connectivity index (χ2n) is 5.26. The zero-order chi connectivity index (χ0) is 14.2. The summed E-state index contributed by atoms with van der Waals surface area (Å²) >= 11 is 3.62. The Labute approximate surface area is 123 Å². The molecule has 0 bridgehead atoms. The number of nitrogens with one attached hydrogen (secondary N) is 1. The van der Waals surface area contributed by atoms with Crippen LogP contribution >= 0.6 is 15.9 Å². The topological polar surface area (TPSA) is 24.9 Å². The van der Waals surface area contributed by atoms with E-state index in [9.17, 15) is 0 Å². The number of hydrogen-bond acceptors (Lipinski definition) is 2. The molecule has 1 N–H and O–H groups in total. The zero-order valence-corrected chi connectivity index (χ0v) is 13.9. The van der Waals surface area contributed by atoms with E-state index in [1.807, 2.05) is 0 Å². The molecule has 1 heterocycles. The molecule has 1 aromatic heterocycles. The van der Waals surface area contributed by atoms with Crippen molar-refractivity contribution >= 4 is 32.5 Å². The van der Waals surface area contributed by atoms with Gasteiger partial charge in [0.25, 0.3) is 0 Å². The minimum Gasteiger partial charge on any atom is -0.384 e. The molecule has 0 radical (unpaired) electrons. The van der Waals surface area contributed by atoms with Crippen molar-refractivity contribution in [1.29, 1.82) is 0 Å². The summed E-state index contributed by atoms with van der Waals surface area (Å²) in [7, 11) is 0. The summed E-state index contributed by atoms with van der Waals surface area (Å²) in [5.74, 6) is 0.462. The number of halogens is 1. The number of pyridine rings is 1. The first kappa shape index (κ1) is 14.3. The molecule has 0 aliphatic carbocycles. The van der Waals surface area contributed by atoms with Crippen molar-refractivity contribution in [3.8, 4) is 0 Å². The van der Waals surface area contributed by atoms with Crippen LogP contribution in [-0.4, -0.2) is 11.5 Å². The number of benzene rings is 1. The summed E-state index contributed by atoms with van der Waals surface area (Å²) in [6.07, 6.45) is 0. The maximum atomic E-state index is 4.81. The molecule has 102 valence electrons. The second kappa shape index (κ2) is 5.49. The van der Waals surface area contributed by atoms with Crippen LogP contribution in [0.3, 0.4) is 0 Å². The molecule has 19 heavy (non-hydrogen) atoms. The normalized spacial score (nSPS) is 11.3.